The van der Waals surface area contributed by atoms with Crippen molar-refractivity contribution in [1.29, 1.82) is 0 Å². The molecule has 2 saturated carbocycles. The molecule has 0 amide bonds. The Hall–Kier alpha value is -0.550. The molecule has 0 spiro atoms. The van der Waals surface area contributed by atoms with Gasteiger partial charge in [0.25, 0.3) is 0 Å². The monoisotopic (exact) mass is 281 g/mol. The summed E-state index contributed by atoms with van der Waals surface area (Å²) in [5, 5.41) is 4.96. The molecule has 106 valence electrons. The Kier molecular flexibility index (Phi) is 4.12. The van der Waals surface area contributed by atoms with E-state index in [0.29, 0.717) is 12.0 Å². The molecule has 2 fully saturated rings. The van der Waals surface area contributed by atoms with Gasteiger partial charge in [-0.3, -0.25) is 4.90 Å². The van der Waals surface area contributed by atoms with Crippen molar-refractivity contribution in [3.63, 3.8) is 0 Å². The van der Waals surface area contributed by atoms with Crippen molar-refractivity contribution in [2.75, 3.05) is 12.8 Å². The van der Waals surface area contributed by atoms with Crippen LogP contribution in [-0.4, -0.2) is 39.1 Å². The molecule has 0 N–H and O–H groups in total. The molecular formula is C14H23N3OS. The molecule has 0 unspecified atom stereocenters. The maximum absolute atomic E-state index is 5.32. The fourth-order valence-electron chi connectivity index (χ4n) is 2.88. The molecule has 2 atom stereocenters. The molecule has 3 rings (SSSR count). The summed E-state index contributed by atoms with van der Waals surface area (Å²) in [5.41, 5.74) is 0. The van der Waals surface area contributed by atoms with Crippen LogP contribution in [-0.2, 0) is 6.54 Å². The average molecular weight is 281 g/mol. The van der Waals surface area contributed by atoms with Gasteiger partial charge in [0.05, 0.1) is 6.54 Å². The summed E-state index contributed by atoms with van der Waals surface area (Å²) < 4.78 is 5.32. The molecule has 2 aliphatic carbocycles. The van der Waals surface area contributed by atoms with Crippen LogP contribution in [0.1, 0.15) is 56.7 Å². The minimum absolute atomic E-state index is 0.559. The maximum atomic E-state index is 5.32. The second-order valence-corrected chi connectivity index (χ2v) is 7.36. The van der Waals surface area contributed by atoms with Crippen LogP contribution >= 0.6 is 11.8 Å². The van der Waals surface area contributed by atoms with Crippen LogP contribution in [0.5, 0.6) is 0 Å². The van der Waals surface area contributed by atoms with Gasteiger partial charge in [0, 0.05) is 17.2 Å². The Labute approximate surface area is 119 Å². The molecule has 19 heavy (non-hydrogen) atoms. The van der Waals surface area contributed by atoms with E-state index in [1.807, 2.05) is 0 Å². The van der Waals surface area contributed by atoms with Crippen molar-refractivity contribution in [1.82, 2.24) is 15.0 Å². The molecule has 1 aromatic rings. The van der Waals surface area contributed by atoms with Crippen LogP contribution in [0.25, 0.3) is 0 Å². The van der Waals surface area contributed by atoms with Gasteiger partial charge in [0.2, 0.25) is 5.89 Å². The Morgan fingerprint density at radius 3 is 2.89 bits per heavy atom. The van der Waals surface area contributed by atoms with Crippen LogP contribution in [0.15, 0.2) is 4.52 Å². The summed E-state index contributed by atoms with van der Waals surface area (Å²) in [6, 6.07) is 0.687. The van der Waals surface area contributed by atoms with Gasteiger partial charge in [0.1, 0.15) is 0 Å². The first-order valence-electron chi connectivity index (χ1n) is 7.40. The SMILES string of the molecule is CCS[C@H]1CC[C@H](N(C)Cc2noc(C3CC3)n2)C1. The summed E-state index contributed by atoms with van der Waals surface area (Å²) in [4.78, 5) is 6.91. The van der Waals surface area contributed by atoms with E-state index in [0.717, 1.165) is 23.5 Å². The van der Waals surface area contributed by atoms with Crippen LogP contribution in [0.4, 0.5) is 0 Å². The van der Waals surface area contributed by atoms with Crippen molar-refractivity contribution in [3.8, 4) is 0 Å². The molecule has 0 saturated heterocycles. The van der Waals surface area contributed by atoms with E-state index >= 15 is 0 Å². The molecule has 0 radical (unpaired) electrons. The third kappa shape index (κ3) is 3.31. The van der Waals surface area contributed by atoms with Gasteiger partial charge >= 0.3 is 0 Å². The van der Waals surface area contributed by atoms with E-state index < -0.39 is 0 Å². The van der Waals surface area contributed by atoms with Crippen molar-refractivity contribution in [3.05, 3.63) is 11.7 Å². The molecule has 0 aromatic carbocycles. The summed E-state index contributed by atoms with van der Waals surface area (Å²) in [7, 11) is 2.19. The third-order valence-electron chi connectivity index (χ3n) is 4.18. The van der Waals surface area contributed by atoms with Gasteiger partial charge in [-0.05, 0) is 44.9 Å². The van der Waals surface area contributed by atoms with Crippen molar-refractivity contribution in [2.24, 2.45) is 0 Å². The first-order valence-corrected chi connectivity index (χ1v) is 8.45. The van der Waals surface area contributed by atoms with E-state index in [9.17, 15) is 0 Å². The quantitative estimate of drug-likeness (QED) is 0.801. The molecule has 1 heterocycles. The number of nitrogens with zero attached hydrogens (tertiary/aromatic N) is 3. The minimum atomic E-state index is 0.559. The zero-order valence-electron chi connectivity index (χ0n) is 11.8. The Balaban J connectivity index is 1.51. The Bertz CT molecular complexity index is 419. The highest BCUT2D eigenvalue weighted by atomic mass is 32.2. The largest absolute Gasteiger partial charge is 0.339 e. The smallest absolute Gasteiger partial charge is 0.229 e. The maximum Gasteiger partial charge on any atom is 0.229 e. The van der Waals surface area contributed by atoms with Gasteiger partial charge < -0.3 is 4.52 Å². The van der Waals surface area contributed by atoms with Gasteiger partial charge in [-0.15, -0.1) is 0 Å². The molecule has 2 aliphatic rings. The summed E-state index contributed by atoms with van der Waals surface area (Å²) >= 11 is 2.11. The van der Waals surface area contributed by atoms with Crippen LogP contribution in [0.2, 0.25) is 0 Å². The zero-order valence-corrected chi connectivity index (χ0v) is 12.7. The molecule has 5 heteroatoms. The highest BCUT2D eigenvalue weighted by Crippen LogP contribution is 2.39. The standard InChI is InChI=1S/C14H23N3OS/c1-3-19-12-7-6-11(8-12)17(2)9-13-15-14(18-16-13)10-4-5-10/h10-12H,3-9H2,1-2H3/t11-,12-/m0/s1. The third-order valence-corrected chi connectivity index (χ3v) is 5.42. The van der Waals surface area contributed by atoms with Crippen LogP contribution in [0, 0.1) is 0 Å². The van der Waals surface area contributed by atoms with E-state index in [-0.39, 0.29) is 0 Å². The Morgan fingerprint density at radius 1 is 1.32 bits per heavy atom. The molecule has 0 bridgehead atoms. The lowest BCUT2D eigenvalue weighted by atomic mass is 10.2. The fraction of sp³-hybridized carbons (Fsp3) is 0.857. The van der Waals surface area contributed by atoms with E-state index in [1.165, 1.54) is 37.9 Å². The van der Waals surface area contributed by atoms with E-state index in [4.69, 9.17) is 4.52 Å². The first kappa shape index (κ1) is 13.4. The first-order chi connectivity index (χ1) is 9.26. The zero-order chi connectivity index (χ0) is 13.2. The van der Waals surface area contributed by atoms with Gasteiger partial charge in [0.15, 0.2) is 5.82 Å². The van der Waals surface area contributed by atoms with Crippen molar-refractivity contribution in [2.45, 2.75) is 62.8 Å². The fourth-order valence-corrected chi connectivity index (χ4v) is 4.02. The topological polar surface area (TPSA) is 42.2 Å². The molecule has 4 nitrogen and oxygen atoms in total. The summed E-state index contributed by atoms with van der Waals surface area (Å²) in [6.45, 7) is 3.07. The number of thioether (sulfide) groups is 1. The highest BCUT2D eigenvalue weighted by molar-refractivity contribution is 7.99. The number of rotatable bonds is 6. The van der Waals surface area contributed by atoms with Gasteiger partial charge in [-0.2, -0.15) is 16.7 Å². The predicted molar refractivity (Wildman–Crippen MR) is 77.3 cm³/mol. The lowest BCUT2D eigenvalue weighted by Gasteiger charge is -2.22. The van der Waals surface area contributed by atoms with Crippen LogP contribution in [0.3, 0.4) is 0 Å². The average Bonchev–Trinajstić information content (AvgIpc) is 2.96. The number of hydrogen-bond donors (Lipinski definition) is 0. The second-order valence-electron chi connectivity index (χ2n) is 5.78. The van der Waals surface area contributed by atoms with Crippen molar-refractivity contribution >= 4 is 11.8 Å². The van der Waals surface area contributed by atoms with Gasteiger partial charge in [-0.25, -0.2) is 0 Å². The lowest BCUT2D eigenvalue weighted by molar-refractivity contribution is 0.228. The van der Waals surface area contributed by atoms with E-state index in [1.54, 1.807) is 0 Å². The summed E-state index contributed by atoms with van der Waals surface area (Å²) in [5.74, 6) is 3.50. The van der Waals surface area contributed by atoms with E-state index in [2.05, 4.69) is 40.8 Å². The minimum Gasteiger partial charge on any atom is -0.339 e. The lowest BCUT2D eigenvalue weighted by Crippen LogP contribution is -2.29. The molecule has 1 aromatic heterocycles. The summed E-state index contributed by atoms with van der Waals surface area (Å²) in [6.07, 6.45) is 6.41. The Morgan fingerprint density at radius 2 is 2.16 bits per heavy atom. The van der Waals surface area contributed by atoms with Crippen LogP contribution < -0.4 is 0 Å². The van der Waals surface area contributed by atoms with Crippen molar-refractivity contribution < 1.29 is 4.52 Å². The normalized spacial score (nSPS) is 27.3. The van der Waals surface area contributed by atoms with Gasteiger partial charge in [-0.1, -0.05) is 12.1 Å². The number of hydrogen-bond acceptors (Lipinski definition) is 5. The molecular weight excluding hydrogens is 258 g/mol. The molecule has 0 aliphatic heterocycles. The second kappa shape index (κ2) is 5.83. The predicted octanol–water partition coefficient (Wildman–Crippen LogP) is 3.05. The highest BCUT2D eigenvalue weighted by Gasteiger charge is 2.31. The number of aromatic nitrogens is 2.